The summed E-state index contributed by atoms with van der Waals surface area (Å²) in [4.78, 5) is 4.23. The molecule has 37 heavy (non-hydrogen) atoms. The standard InChI is InChI=1S/C26H24ClF3N4O2S/c1-4-14(2)23(15(3)27)33-25(37)34-32-13-16-5-10-20-18(11-16)12-21(22(20)31)24(35)17-6-8-19(9-7-17)36-26(28,29)30/h4-11,13,21,24,31,35H,3,12H2,1-2H3,(H,34,37)/b14-4?,31-22?,32-13-,33-23?. The molecule has 0 aromatic heterocycles. The summed E-state index contributed by atoms with van der Waals surface area (Å²) in [6.45, 7) is 7.37. The number of hydrogen-bond acceptors (Lipinski definition) is 5. The molecule has 2 aromatic rings. The number of allylic oxidation sites excluding steroid dienone is 3. The van der Waals surface area contributed by atoms with E-state index >= 15 is 0 Å². The van der Waals surface area contributed by atoms with Gasteiger partial charge in [-0.25, -0.2) is 4.99 Å². The SMILES string of the molecule is C=C(Cl)C(=NC(=S)N/N=C\c1ccc2c(c1)CC(C(O)c1ccc(OC(F)(F)F)cc1)C2=N)C(C)=CC. The van der Waals surface area contributed by atoms with Crippen LogP contribution in [0.3, 0.4) is 0 Å². The second-order valence-electron chi connectivity index (χ2n) is 8.21. The van der Waals surface area contributed by atoms with Gasteiger partial charge in [-0.15, -0.1) is 13.2 Å². The highest BCUT2D eigenvalue weighted by Gasteiger charge is 2.34. The minimum atomic E-state index is -4.79. The zero-order chi connectivity index (χ0) is 27.3. The number of thiocarbonyl (C=S) groups is 1. The highest BCUT2D eigenvalue weighted by atomic mass is 35.5. The van der Waals surface area contributed by atoms with Gasteiger partial charge in [0.25, 0.3) is 0 Å². The minimum absolute atomic E-state index is 0.104. The monoisotopic (exact) mass is 548 g/mol. The van der Waals surface area contributed by atoms with Crippen LogP contribution in [0.15, 0.2) is 75.8 Å². The van der Waals surface area contributed by atoms with E-state index in [2.05, 4.69) is 26.8 Å². The summed E-state index contributed by atoms with van der Waals surface area (Å²) in [7, 11) is 0. The Morgan fingerprint density at radius 1 is 1.30 bits per heavy atom. The molecule has 0 bridgehead atoms. The van der Waals surface area contributed by atoms with E-state index in [1.165, 1.54) is 12.1 Å². The molecule has 0 saturated carbocycles. The van der Waals surface area contributed by atoms with Crippen molar-refractivity contribution in [3.05, 3.63) is 88.0 Å². The highest BCUT2D eigenvalue weighted by Crippen LogP contribution is 2.36. The maximum Gasteiger partial charge on any atom is 0.573 e. The summed E-state index contributed by atoms with van der Waals surface area (Å²) in [5.74, 6) is -0.926. The number of fused-ring (bicyclic) bond motifs is 1. The molecule has 0 heterocycles. The molecule has 1 aliphatic carbocycles. The molecule has 0 aliphatic heterocycles. The molecule has 0 amide bonds. The zero-order valence-corrected chi connectivity index (χ0v) is 21.5. The topological polar surface area (TPSA) is 90.1 Å². The molecule has 194 valence electrons. The Kier molecular flexibility index (Phi) is 9.01. The van der Waals surface area contributed by atoms with Crippen LogP contribution in [-0.2, 0) is 6.42 Å². The van der Waals surface area contributed by atoms with E-state index in [0.717, 1.165) is 28.8 Å². The van der Waals surface area contributed by atoms with Crippen molar-refractivity contribution in [3.8, 4) is 5.75 Å². The van der Waals surface area contributed by atoms with Gasteiger partial charge < -0.3 is 15.3 Å². The van der Waals surface area contributed by atoms with Crippen molar-refractivity contribution in [2.24, 2.45) is 16.0 Å². The van der Waals surface area contributed by atoms with Crippen molar-refractivity contribution in [1.82, 2.24) is 5.43 Å². The van der Waals surface area contributed by atoms with Gasteiger partial charge in [0.05, 0.1) is 23.1 Å². The lowest BCUT2D eigenvalue weighted by Gasteiger charge is -2.19. The number of nitrogens with one attached hydrogen (secondary N) is 2. The molecule has 3 rings (SSSR count). The first-order valence-electron chi connectivity index (χ1n) is 11.0. The Morgan fingerprint density at radius 3 is 2.57 bits per heavy atom. The van der Waals surface area contributed by atoms with E-state index in [4.69, 9.17) is 29.2 Å². The van der Waals surface area contributed by atoms with E-state index < -0.39 is 18.4 Å². The lowest BCUT2D eigenvalue weighted by molar-refractivity contribution is -0.274. The first-order valence-corrected chi connectivity index (χ1v) is 11.8. The zero-order valence-electron chi connectivity index (χ0n) is 19.9. The number of rotatable bonds is 7. The second-order valence-corrected chi connectivity index (χ2v) is 9.06. The largest absolute Gasteiger partial charge is 0.573 e. The van der Waals surface area contributed by atoms with Crippen LogP contribution in [0.4, 0.5) is 13.2 Å². The van der Waals surface area contributed by atoms with E-state index in [1.54, 1.807) is 18.3 Å². The van der Waals surface area contributed by atoms with Crippen LogP contribution in [0.25, 0.3) is 0 Å². The van der Waals surface area contributed by atoms with Crippen LogP contribution >= 0.6 is 23.8 Å². The molecule has 6 nitrogen and oxygen atoms in total. The van der Waals surface area contributed by atoms with Crippen LogP contribution in [-0.4, -0.2) is 34.2 Å². The molecule has 2 atom stereocenters. The smallest absolute Gasteiger partial charge is 0.406 e. The van der Waals surface area contributed by atoms with Crippen LogP contribution in [0, 0.1) is 11.3 Å². The average Bonchev–Trinajstić information content (AvgIpc) is 3.16. The Labute approximate surface area is 222 Å². The molecule has 0 radical (unpaired) electrons. The van der Waals surface area contributed by atoms with Crippen molar-refractivity contribution in [2.45, 2.75) is 32.7 Å². The third-order valence-corrected chi connectivity index (χ3v) is 6.08. The molecule has 0 saturated heterocycles. The first-order chi connectivity index (χ1) is 17.4. The van der Waals surface area contributed by atoms with E-state index in [-0.39, 0.29) is 21.6 Å². The Hall–Kier alpha value is -3.34. The van der Waals surface area contributed by atoms with E-state index in [1.807, 2.05) is 26.0 Å². The first kappa shape index (κ1) is 28.2. The Balaban J connectivity index is 1.68. The van der Waals surface area contributed by atoms with Gasteiger partial charge in [-0.3, -0.25) is 5.43 Å². The van der Waals surface area contributed by atoms with Gasteiger partial charge in [0.1, 0.15) is 5.75 Å². The predicted molar refractivity (Wildman–Crippen MR) is 144 cm³/mol. The quantitative estimate of drug-likeness (QED) is 0.217. The van der Waals surface area contributed by atoms with Crippen LogP contribution in [0.1, 0.15) is 42.2 Å². The number of ether oxygens (including phenoxy) is 1. The average molecular weight is 549 g/mol. The molecule has 2 aromatic carbocycles. The molecular formula is C26H24ClF3N4O2S. The summed E-state index contributed by atoms with van der Waals surface area (Å²) >= 11 is 11.2. The van der Waals surface area contributed by atoms with Gasteiger partial charge in [-0.1, -0.05) is 48.5 Å². The van der Waals surface area contributed by atoms with Gasteiger partial charge >= 0.3 is 6.36 Å². The maximum absolute atomic E-state index is 12.4. The van der Waals surface area contributed by atoms with Crippen molar-refractivity contribution < 1.29 is 23.0 Å². The molecule has 3 N–H and O–H groups in total. The summed E-state index contributed by atoms with van der Waals surface area (Å²) in [5, 5.41) is 23.8. The molecule has 2 unspecified atom stereocenters. The summed E-state index contributed by atoms with van der Waals surface area (Å²) in [6.07, 6.45) is -2.09. The fraction of sp³-hybridized carbons (Fsp3) is 0.231. The maximum atomic E-state index is 12.4. The fourth-order valence-electron chi connectivity index (χ4n) is 3.82. The summed E-state index contributed by atoms with van der Waals surface area (Å²) < 4.78 is 41.0. The molecule has 0 spiro atoms. The van der Waals surface area contributed by atoms with Crippen molar-refractivity contribution in [2.75, 3.05) is 0 Å². The number of hydrazone groups is 1. The number of halogens is 4. The normalized spacial score (nSPS) is 17.1. The molecule has 0 fully saturated rings. The summed E-state index contributed by atoms with van der Waals surface area (Å²) in [5.41, 5.74) is 6.86. The number of alkyl halides is 3. The predicted octanol–water partition coefficient (Wildman–Crippen LogP) is 6.23. The van der Waals surface area contributed by atoms with Crippen LogP contribution in [0.2, 0.25) is 0 Å². The van der Waals surface area contributed by atoms with Crippen molar-refractivity contribution >= 4 is 46.6 Å². The van der Waals surface area contributed by atoms with E-state index in [9.17, 15) is 18.3 Å². The lowest BCUT2D eigenvalue weighted by Crippen LogP contribution is -2.19. The Morgan fingerprint density at radius 2 is 1.97 bits per heavy atom. The number of nitrogens with zero attached hydrogens (tertiary/aromatic N) is 2. The molecule has 1 aliphatic rings. The molecular weight excluding hydrogens is 525 g/mol. The second kappa shape index (κ2) is 11.8. The van der Waals surface area contributed by atoms with E-state index in [0.29, 0.717) is 23.3 Å². The number of hydrogen-bond donors (Lipinski definition) is 3. The van der Waals surface area contributed by atoms with Gasteiger partial charge in [-0.2, -0.15) is 5.10 Å². The lowest BCUT2D eigenvalue weighted by atomic mass is 9.92. The van der Waals surface area contributed by atoms with Gasteiger partial charge in [-0.05, 0) is 78.5 Å². The number of aliphatic hydroxyl groups is 1. The fourth-order valence-corrected chi connectivity index (χ4v) is 4.16. The van der Waals surface area contributed by atoms with Gasteiger partial charge in [0.15, 0.2) is 0 Å². The van der Waals surface area contributed by atoms with Crippen LogP contribution < -0.4 is 10.2 Å². The highest BCUT2D eigenvalue weighted by molar-refractivity contribution is 7.80. The summed E-state index contributed by atoms with van der Waals surface area (Å²) in [6, 6.07) is 10.4. The minimum Gasteiger partial charge on any atom is -0.406 e. The van der Waals surface area contributed by atoms with Gasteiger partial charge in [0, 0.05) is 11.6 Å². The number of aliphatic imine (C=N–C) groups is 1. The van der Waals surface area contributed by atoms with Gasteiger partial charge in [0.2, 0.25) is 5.11 Å². The Bertz CT molecular complexity index is 1300. The van der Waals surface area contributed by atoms with Crippen LogP contribution in [0.5, 0.6) is 5.75 Å². The third kappa shape index (κ3) is 7.34. The van der Waals surface area contributed by atoms with Crippen molar-refractivity contribution in [3.63, 3.8) is 0 Å². The van der Waals surface area contributed by atoms with Crippen molar-refractivity contribution in [1.29, 1.82) is 5.41 Å². The number of aliphatic hydroxyl groups excluding tert-OH is 1. The molecule has 11 heteroatoms. The number of benzene rings is 2. The third-order valence-electron chi connectivity index (χ3n) is 5.72.